The second-order valence-corrected chi connectivity index (χ2v) is 8.76. The van der Waals surface area contributed by atoms with Crippen LogP contribution in [0, 0.1) is 0 Å². The molecule has 170 valence electrons. The van der Waals surface area contributed by atoms with Gasteiger partial charge in [-0.2, -0.15) is 21.6 Å². The molecule has 1 aromatic heterocycles. The number of alkyl halides is 3. The fraction of sp³-hybridized carbons (Fsp3) is 0.227. The predicted molar refractivity (Wildman–Crippen MR) is 109 cm³/mol. The minimum atomic E-state index is -4.68. The highest BCUT2D eigenvalue weighted by Crippen LogP contribution is 2.31. The molecule has 0 aliphatic rings. The third-order valence-electron chi connectivity index (χ3n) is 4.55. The van der Waals surface area contributed by atoms with Crippen molar-refractivity contribution < 1.29 is 35.0 Å². The zero-order valence-electron chi connectivity index (χ0n) is 17.2. The van der Waals surface area contributed by atoms with Crippen LogP contribution in [0.4, 0.5) is 13.2 Å². The Hall–Kier alpha value is -3.27. The maximum atomic E-state index is 12.9. The van der Waals surface area contributed by atoms with Crippen LogP contribution >= 0.6 is 0 Å². The van der Waals surface area contributed by atoms with Gasteiger partial charge >= 0.3 is 16.3 Å². The van der Waals surface area contributed by atoms with Crippen molar-refractivity contribution in [2.45, 2.75) is 37.5 Å². The van der Waals surface area contributed by atoms with E-state index in [-0.39, 0.29) is 30.0 Å². The van der Waals surface area contributed by atoms with Crippen molar-refractivity contribution in [1.82, 2.24) is 4.90 Å². The van der Waals surface area contributed by atoms with Gasteiger partial charge in [-0.3, -0.25) is 4.79 Å². The Balaban J connectivity index is 1.75. The van der Waals surface area contributed by atoms with E-state index in [1.165, 1.54) is 18.4 Å². The van der Waals surface area contributed by atoms with Crippen LogP contribution in [-0.4, -0.2) is 25.3 Å². The van der Waals surface area contributed by atoms with Crippen molar-refractivity contribution in [3.63, 3.8) is 0 Å². The van der Waals surface area contributed by atoms with Gasteiger partial charge in [0, 0.05) is 12.6 Å². The number of carbonyl (C=O) groups is 1. The van der Waals surface area contributed by atoms with Gasteiger partial charge in [-0.05, 0) is 61.9 Å². The second kappa shape index (κ2) is 9.07. The van der Waals surface area contributed by atoms with Crippen molar-refractivity contribution in [2.75, 3.05) is 0 Å². The van der Waals surface area contributed by atoms with Gasteiger partial charge in [0.1, 0.15) is 10.6 Å². The van der Waals surface area contributed by atoms with Crippen molar-refractivity contribution in [1.29, 1.82) is 0 Å². The molecule has 32 heavy (non-hydrogen) atoms. The Morgan fingerprint density at radius 2 is 1.75 bits per heavy atom. The minimum Gasteiger partial charge on any atom is -0.459 e. The third kappa shape index (κ3) is 5.50. The molecule has 1 amide bonds. The van der Waals surface area contributed by atoms with E-state index in [2.05, 4.69) is 0 Å². The monoisotopic (exact) mass is 467 g/mol. The van der Waals surface area contributed by atoms with E-state index in [0.29, 0.717) is 11.6 Å². The quantitative estimate of drug-likeness (QED) is 0.451. The predicted octanol–water partition coefficient (Wildman–Crippen LogP) is 5.12. The summed E-state index contributed by atoms with van der Waals surface area (Å²) in [7, 11) is -4.47. The smallest absolute Gasteiger partial charge is 0.416 e. The van der Waals surface area contributed by atoms with Crippen LogP contribution in [0.25, 0.3) is 0 Å². The summed E-state index contributed by atoms with van der Waals surface area (Å²) in [5.74, 6) is -0.164. The highest BCUT2D eigenvalue weighted by atomic mass is 32.2. The van der Waals surface area contributed by atoms with Crippen LogP contribution in [-0.2, 0) is 22.8 Å². The summed E-state index contributed by atoms with van der Waals surface area (Å²) in [5.41, 5.74) is -0.394. The summed E-state index contributed by atoms with van der Waals surface area (Å²) in [5, 5.41) is 0. The molecule has 0 aliphatic carbocycles. The Bertz CT molecular complexity index is 1170. The topological polar surface area (TPSA) is 76.8 Å². The highest BCUT2D eigenvalue weighted by molar-refractivity contribution is 7.87. The first-order valence-corrected chi connectivity index (χ1v) is 10.9. The number of halogens is 3. The fourth-order valence-electron chi connectivity index (χ4n) is 2.88. The molecule has 3 rings (SSSR count). The van der Waals surface area contributed by atoms with Crippen LogP contribution < -0.4 is 4.18 Å². The molecule has 0 bridgehead atoms. The van der Waals surface area contributed by atoms with Crippen LogP contribution in [0.1, 0.15) is 35.5 Å². The zero-order valence-corrected chi connectivity index (χ0v) is 18.0. The SMILES string of the molecule is CC(C)N(Cc1ccc(OS(=O)(=O)c2cccc(C(F)(F)F)c2)cc1)C(=O)c1ccco1. The maximum Gasteiger partial charge on any atom is 0.416 e. The summed E-state index contributed by atoms with van der Waals surface area (Å²) in [6.45, 7) is 3.93. The lowest BCUT2D eigenvalue weighted by Gasteiger charge is -2.26. The normalized spacial score (nSPS) is 12.1. The molecule has 0 saturated heterocycles. The average molecular weight is 467 g/mol. The van der Waals surface area contributed by atoms with Crippen molar-refractivity contribution in [2.24, 2.45) is 0 Å². The van der Waals surface area contributed by atoms with E-state index < -0.39 is 26.8 Å². The molecule has 1 heterocycles. The number of rotatable bonds is 7. The molecular formula is C22H20F3NO5S. The van der Waals surface area contributed by atoms with Crippen LogP contribution in [0.5, 0.6) is 5.75 Å². The van der Waals surface area contributed by atoms with Crippen molar-refractivity contribution in [3.05, 3.63) is 83.8 Å². The Labute approximate surface area is 183 Å². The maximum absolute atomic E-state index is 12.9. The third-order valence-corrected chi connectivity index (χ3v) is 5.79. The summed E-state index contributed by atoms with van der Waals surface area (Å²) in [6.07, 6.45) is -3.27. The molecule has 0 atom stereocenters. The molecule has 10 heteroatoms. The van der Waals surface area contributed by atoms with E-state index in [0.717, 1.165) is 18.2 Å². The summed E-state index contributed by atoms with van der Waals surface area (Å²) in [4.78, 5) is 13.6. The number of hydrogen-bond donors (Lipinski definition) is 0. The fourth-order valence-corrected chi connectivity index (χ4v) is 3.86. The molecule has 0 unspecified atom stereocenters. The van der Waals surface area contributed by atoms with Gasteiger partial charge in [-0.1, -0.05) is 18.2 Å². The van der Waals surface area contributed by atoms with Gasteiger partial charge in [0.25, 0.3) is 5.91 Å². The molecule has 2 aromatic carbocycles. The van der Waals surface area contributed by atoms with Gasteiger partial charge in [-0.25, -0.2) is 0 Å². The zero-order chi connectivity index (χ0) is 23.5. The minimum absolute atomic E-state index is 0.0698. The summed E-state index contributed by atoms with van der Waals surface area (Å²) >= 11 is 0. The Kier molecular flexibility index (Phi) is 6.63. The lowest BCUT2D eigenvalue weighted by molar-refractivity contribution is -0.137. The van der Waals surface area contributed by atoms with E-state index in [9.17, 15) is 26.4 Å². The van der Waals surface area contributed by atoms with Crippen LogP contribution in [0.2, 0.25) is 0 Å². The first-order chi connectivity index (χ1) is 15.0. The molecule has 0 N–H and O–H groups in total. The van der Waals surface area contributed by atoms with Gasteiger partial charge in [0.05, 0.1) is 11.8 Å². The standard InChI is InChI=1S/C22H20F3NO5S/c1-15(2)26(21(27)20-7-4-12-30-20)14-16-8-10-18(11-9-16)31-32(28,29)19-6-3-5-17(13-19)22(23,24)25/h3-13,15H,14H2,1-2H3. The van der Waals surface area contributed by atoms with E-state index >= 15 is 0 Å². The van der Waals surface area contributed by atoms with Gasteiger partial charge in [0.2, 0.25) is 0 Å². The van der Waals surface area contributed by atoms with Crippen LogP contribution in [0.15, 0.2) is 76.2 Å². The summed E-state index contributed by atoms with van der Waals surface area (Å²) in [6, 6.07) is 12.2. The van der Waals surface area contributed by atoms with Gasteiger partial charge in [-0.15, -0.1) is 0 Å². The molecule has 0 fully saturated rings. The largest absolute Gasteiger partial charge is 0.459 e. The Morgan fingerprint density at radius 3 is 2.31 bits per heavy atom. The molecule has 0 spiro atoms. The lowest BCUT2D eigenvalue weighted by atomic mass is 10.1. The molecule has 0 radical (unpaired) electrons. The number of carbonyl (C=O) groups excluding carboxylic acids is 1. The lowest BCUT2D eigenvalue weighted by Crippen LogP contribution is -2.36. The van der Waals surface area contributed by atoms with Crippen molar-refractivity contribution >= 4 is 16.0 Å². The Morgan fingerprint density at radius 1 is 1.06 bits per heavy atom. The second-order valence-electron chi connectivity index (χ2n) is 7.21. The first-order valence-electron chi connectivity index (χ1n) is 9.52. The van der Waals surface area contributed by atoms with E-state index in [1.807, 2.05) is 13.8 Å². The van der Waals surface area contributed by atoms with E-state index in [4.69, 9.17) is 8.60 Å². The average Bonchev–Trinajstić information content (AvgIpc) is 3.27. The van der Waals surface area contributed by atoms with Crippen molar-refractivity contribution in [3.8, 4) is 5.75 Å². The van der Waals surface area contributed by atoms with E-state index in [1.54, 1.807) is 29.2 Å². The van der Waals surface area contributed by atoms with Gasteiger partial charge < -0.3 is 13.5 Å². The van der Waals surface area contributed by atoms with Gasteiger partial charge in [0.15, 0.2) is 5.76 Å². The number of benzene rings is 2. The summed E-state index contributed by atoms with van der Waals surface area (Å²) < 4.78 is 73.5. The number of nitrogens with zero attached hydrogens (tertiary/aromatic N) is 1. The number of furan rings is 1. The number of amides is 1. The molecule has 0 saturated carbocycles. The highest BCUT2D eigenvalue weighted by Gasteiger charge is 2.32. The molecule has 6 nitrogen and oxygen atoms in total. The molecule has 3 aromatic rings. The first kappa shape index (κ1) is 23.4. The molecular weight excluding hydrogens is 447 g/mol. The van der Waals surface area contributed by atoms with Crippen LogP contribution in [0.3, 0.4) is 0 Å². The number of hydrogen-bond acceptors (Lipinski definition) is 5. The molecule has 0 aliphatic heterocycles.